The molecule has 0 atom stereocenters. The lowest BCUT2D eigenvalue weighted by molar-refractivity contribution is -0.114. The zero-order valence-corrected chi connectivity index (χ0v) is 14.4. The van der Waals surface area contributed by atoms with Crippen LogP contribution in [-0.2, 0) is 4.79 Å². The molecular formula is C14H10BrCl3N2O. The minimum Gasteiger partial charge on any atom is -0.376 e. The number of nitrogens with one attached hydrogen (secondary N) is 2. The molecule has 21 heavy (non-hydrogen) atoms. The molecule has 3 nitrogen and oxygen atoms in total. The molecule has 0 heterocycles. The molecule has 7 heteroatoms. The van der Waals surface area contributed by atoms with Crippen LogP contribution < -0.4 is 10.6 Å². The fourth-order valence-electron chi connectivity index (χ4n) is 1.59. The fourth-order valence-corrected chi connectivity index (χ4v) is 2.58. The lowest BCUT2D eigenvalue weighted by Gasteiger charge is -2.11. The van der Waals surface area contributed by atoms with Gasteiger partial charge in [-0.2, -0.15) is 0 Å². The summed E-state index contributed by atoms with van der Waals surface area (Å²) >= 11 is 21.2. The summed E-state index contributed by atoms with van der Waals surface area (Å²) in [6, 6.07) is 10.3. The van der Waals surface area contributed by atoms with Crippen molar-refractivity contribution in [2.75, 3.05) is 17.2 Å². The summed E-state index contributed by atoms with van der Waals surface area (Å²) in [5, 5.41) is 7.05. The molecule has 0 saturated carbocycles. The third-order valence-electron chi connectivity index (χ3n) is 2.60. The minimum atomic E-state index is -0.254. The maximum absolute atomic E-state index is 11.9. The van der Waals surface area contributed by atoms with Gasteiger partial charge in [-0.05, 0) is 46.3 Å². The van der Waals surface area contributed by atoms with E-state index in [4.69, 9.17) is 34.8 Å². The van der Waals surface area contributed by atoms with Crippen molar-refractivity contribution in [2.24, 2.45) is 0 Å². The predicted octanol–water partition coefficient (Wildman–Crippen LogP) is 5.46. The molecule has 0 unspecified atom stereocenters. The molecule has 2 N–H and O–H groups in total. The summed E-state index contributed by atoms with van der Waals surface area (Å²) in [5.74, 6) is -0.254. The van der Waals surface area contributed by atoms with Crippen LogP contribution >= 0.6 is 50.7 Å². The normalized spacial score (nSPS) is 10.3. The highest BCUT2D eigenvalue weighted by Gasteiger charge is 2.09. The molecule has 0 aliphatic carbocycles. The van der Waals surface area contributed by atoms with Crippen LogP contribution in [0.4, 0.5) is 11.4 Å². The molecule has 0 aliphatic heterocycles. The third-order valence-corrected chi connectivity index (χ3v) is 4.44. The molecule has 0 fully saturated rings. The molecule has 0 spiro atoms. The number of carbonyl (C=O) groups excluding carboxylic acids is 1. The molecule has 110 valence electrons. The van der Waals surface area contributed by atoms with E-state index in [1.165, 1.54) is 0 Å². The quantitative estimate of drug-likeness (QED) is 0.705. The second kappa shape index (κ2) is 7.36. The number of rotatable bonds is 4. The highest BCUT2D eigenvalue weighted by molar-refractivity contribution is 9.10. The average molecular weight is 409 g/mol. The van der Waals surface area contributed by atoms with Crippen LogP contribution in [0.3, 0.4) is 0 Å². The standard InChI is InChI=1S/C14H10BrCl3N2O/c15-9-6-8(4-5-10(9)16)19-7-13(21)20-14-11(17)2-1-3-12(14)18/h1-6,19H,7H2,(H,20,21). The fraction of sp³-hybridized carbons (Fsp3) is 0.0714. The zero-order chi connectivity index (χ0) is 15.4. The number of hydrogen-bond acceptors (Lipinski definition) is 2. The van der Waals surface area contributed by atoms with Crippen LogP contribution in [0.1, 0.15) is 0 Å². The second-order valence-electron chi connectivity index (χ2n) is 4.13. The van der Waals surface area contributed by atoms with Gasteiger partial charge in [0.05, 0.1) is 27.3 Å². The number of halogens is 4. The van der Waals surface area contributed by atoms with Crippen LogP contribution in [0.5, 0.6) is 0 Å². The first kappa shape index (κ1) is 16.4. The molecule has 2 aromatic rings. The van der Waals surface area contributed by atoms with Gasteiger partial charge in [-0.15, -0.1) is 0 Å². The number of benzene rings is 2. The van der Waals surface area contributed by atoms with Crippen molar-refractivity contribution in [1.29, 1.82) is 0 Å². The van der Waals surface area contributed by atoms with Gasteiger partial charge in [-0.1, -0.05) is 40.9 Å². The van der Waals surface area contributed by atoms with Crippen LogP contribution in [-0.4, -0.2) is 12.5 Å². The molecule has 0 saturated heterocycles. The molecule has 0 bridgehead atoms. The summed E-state index contributed by atoms with van der Waals surface area (Å²) in [6.07, 6.45) is 0. The third kappa shape index (κ3) is 4.51. The predicted molar refractivity (Wildman–Crippen MR) is 92.7 cm³/mol. The van der Waals surface area contributed by atoms with Crippen molar-refractivity contribution in [2.45, 2.75) is 0 Å². The lowest BCUT2D eigenvalue weighted by atomic mass is 10.3. The SMILES string of the molecule is O=C(CNc1ccc(Cl)c(Br)c1)Nc1c(Cl)cccc1Cl. The Morgan fingerprint density at radius 2 is 1.71 bits per heavy atom. The van der Waals surface area contributed by atoms with E-state index in [9.17, 15) is 4.79 Å². The van der Waals surface area contributed by atoms with Gasteiger partial charge in [0.25, 0.3) is 0 Å². The van der Waals surface area contributed by atoms with E-state index in [1.807, 2.05) is 0 Å². The van der Waals surface area contributed by atoms with Gasteiger partial charge in [0.2, 0.25) is 5.91 Å². The number of carbonyl (C=O) groups is 1. The van der Waals surface area contributed by atoms with Crippen LogP contribution in [0.25, 0.3) is 0 Å². The highest BCUT2D eigenvalue weighted by Crippen LogP contribution is 2.29. The van der Waals surface area contributed by atoms with Crippen LogP contribution in [0.15, 0.2) is 40.9 Å². The van der Waals surface area contributed by atoms with Gasteiger partial charge in [-0.25, -0.2) is 0 Å². The van der Waals surface area contributed by atoms with Crippen molar-refractivity contribution in [3.05, 3.63) is 55.9 Å². The van der Waals surface area contributed by atoms with E-state index in [1.54, 1.807) is 36.4 Å². The molecule has 2 rings (SSSR count). The molecule has 2 aromatic carbocycles. The van der Waals surface area contributed by atoms with Crippen molar-refractivity contribution in [1.82, 2.24) is 0 Å². The maximum atomic E-state index is 11.9. The molecule has 1 amide bonds. The van der Waals surface area contributed by atoms with Gasteiger partial charge in [0.15, 0.2) is 0 Å². The van der Waals surface area contributed by atoms with Gasteiger partial charge in [0.1, 0.15) is 0 Å². The van der Waals surface area contributed by atoms with E-state index in [0.717, 1.165) is 10.2 Å². The van der Waals surface area contributed by atoms with Gasteiger partial charge < -0.3 is 10.6 Å². The number of amides is 1. The van der Waals surface area contributed by atoms with Gasteiger partial charge in [-0.3, -0.25) is 4.79 Å². The Morgan fingerprint density at radius 1 is 1.05 bits per heavy atom. The van der Waals surface area contributed by atoms with E-state index < -0.39 is 0 Å². The van der Waals surface area contributed by atoms with Crippen molar-refractivity contribution < 1.29 is 4.79 Å². The Kier molecular flexibility index (Phi) is 5.76. The Morgan fingerprint density at radius 3 is 2.33 bits per heavy atom. The summed E-state index contributed by atoms with van der Waals surface area (Å²) in [4.78, 5) is 11.9. The van der Waals surface area contributed by atoms with Crippen LogP contribution in [0.2, 0.25) is 15.1 Å². The number of para-hydroxylation sites is 1. The maximum Gasteiger partial charge on any atom is 0.243 e. The van der Waals surface area contributed by atoms with E-state index in [0.29, 0.717) is 20.8 Å². The summed E-state index contributed by atoms with van der Waals surface area (Å²) in [6.45, 7) is 0.0790. The molecule has 0 aromatic heterocycles. The Hall–Kier alpha value is -0.940. The van der Waals surface area contributed by atoms with Gasteiger partial charge >= 0.3 is 0 Å². The Balaban J connectivity index is 1.97. The zero-order valence-electron chi connectivity index (χ0n) is 10.6. The first-order valence-electron chi connectivity index (χ1n) is 5.90. The summed E-state index contributed by atoms with van der Waals surface area (Å²) in [7, 11) is 0. The Bertz CT molecular complexity index is 659. The molecular weight excluding hydrogens is 398 g/mol. The largest absolute Gasteiger partial charge is 0.376 e. The van der Waals surface area contributed by atoms with E-state index in [-0.39, 0.29) is 12.5 Å². The smallest absolute Gasteiger partial charge is 0.243 e. The lowest BCUT2D eigenvalue weighted by Crippen LogP contribution is -2.22. The summed E-state index contributed by atoms with van der Waals surface area (Å²) in [5.41, 5.74) is 1.18. The van der Waals surface area contributed by atoms with Gasteiger partial charge in [0, 0.05) is 10.2 Å². The molecule has 0 radical (unpaired) electrons. The van der Waals surface area contributed by atoms with E-state index in [2.05, 4.69) is 26.6 Å². The first-order valence-corrected chi connectivity index (χ1v) is 7.83. The monoisotopic (exact) mass is 406 g/mol. The topological polar surface area (TPSA) is 41.1 Å². The second-order valence-corrected chi connectivity index (χ2v) is 6.20. The average Bonchev–Trinajstić information content (AvgIpc) is 2.44. The Labute approximate surface area is 145 Å². The van der Waals surface area contributed by atoms with Crippen LogP contribution in [0, 0.1) is 0 Å². The summed E-state index contributed by atoms with van der Waals surface area (Å²) < 4.78 is 0.753. The first-order chi connectivity index (χ1) is 9.97. The van der Waals surface area contributed by atoms with Crippen molar-refractivity contribution >= 4 is 68.0 Å². The minimum absolute atomic E-state index is 0.0790. The number of hydrogen-bond donors (Lipinski definition) is 2. The van der Waals surface area contributed by atoms with E-state index >= 15 is 0 Å². The highest BCUT2D eigenvalue weighted by atomic mass is 79.9. The number of anilines is 2. The molecule has 0 aliphatic rings. The van der Waals surface area contributed by atoms with Crippen molar-refractivity contribution in [3.63, 3.8) is 0 Å². The van der Waals surface area contributed by atoms with Crippen molar-refractivity contribution in [3.8, 4) is 0 Å².